The zero-order chi connectivity index (χ0) is 37.8. The van der Waals surface area contributed by atoms with Gasteiger partial charge < -0.3 is 47.7 Å². The van der Waals surface area contributed by atoms with E-state index < -0.39 is 65.9 Å². The van der Waals surface area contributed by atoms with Gasteiger partial charge in [-0.2, -0.15) is 0 Å². The Morgan fingerprint density at radius 1 is 0.765 bits per heavy atom. The van der Waals surface area contributed by atoms with Crippen LogP contribution in [0, 0.1) is 11.8 Å². The lowest BCUT2D eigenvalue weighted by Gasteiger charge is -2.34. The molecule has 2 aliphatic rings. The van der Waals surface area contributed by atoms with Crippen LogP contribution in [0.15, 0.2) is 0 Å². The van der Waals surface area contributed by atoms with Crippen LogP contribution in [0.4, 0.5) is 0 Å². The average Bonchev–Trinajstić information content (AvgIpc) is 3.40. The molecular formula is C37H70N8O6. The highest BCUT2D eigenvalue weighted by molar-refractivity contribution is 5.96. The minimum Gasteiger partial charge on any atom is -0.375 e. The number of nitrogens with two attached hydrogens (primary N) is 2. The van der Waals surface area contributed by atoms with Gasteiger partial charge in [-0.3, -0.25) is 24.0 Å². The number of hydrogen-bond acceptors (Lipinski definition) is 9. The predicted molar refractivity (Wildman–Crippen MR) is 199 cm³/mol. The molecule has 1 aliphatic heterocycles. The van der Waals surface area contributed by atoms with Crippen molar-refractivity contribution in [2.45, 2.75) is 154 Å². The van der Waals surface area contributed by atoms with Crippen molar-refractivity contribution in [3.05, 3.63) is 0 Å². The number of unbranched alkanes of at least 4 members (excludes halogenated alkanes) is 3. The second-order valence-corrected chi connectivity index (χ2v) is 14.6. The van der Waals surface area contributed by atoms with E-state index >= 15 is 0 Å². The molecule has 1 aliphatic carbocycles. The van der Waals surface area contributed by atoms with Gasteiger partial charge in [-0.1, -0.05) is 78.6 Å². The van der Waals surface area contributed by atoms with Gasteiger partial charge >= 0.3 is 0 Å². The number of likely N-dealkylation sites (N-methyl/N-ethyl adjacent to an activating group) is 1. The number of amides is 5. The van der Waals surface area contributed by atoms with Crippen LogP contribution in [0.5, 0.6) is 0 Å². The van der Waals surface area contributed by atoms with E-state index in [1.165, 1.54) is 4.90 Å². The zero-order valence-corrected chi connectivity index (χ0v) is 32.1. The molecule has 1 heterocycles. The SMILES string of the molecule is CCCCCC[C@H]1OC[C@@H](C)NC(=O)C(CNCCCN)NC(=O)C(CN)NC(=O)C(C2CCCCCC2)NC(=O)C(CCC)N(C)C(=O)C1C. The highest BCUT2D eigenvalue weighted by Gasteiger charge is 2.38. The molecular weight excluding hydrogens is 652 g/mol. The van der Waals surface area contributed by atoms with Crippen molar-refractivity contribution in [2.75, 3.05) is 39.8 Å². The first-order chi connectivity index (χ1) is 24.5. The fourth-order valence-corrected chi connectivity index (χ4v) is 7.05. The molecule has 0 aromatic carbocycles. The van der Waals surface area contributed by atoms with Crippen molar-refractivity contribution in [3.8, 4) is 0 Å². The summed E-state index contributed by atoms with van der Waals surface area (Å²) in [7, 11) is 1.65. The highest BCUT2D eigenvalue weighted by atomic mass is 16.5. The average molecular weight is 723 g/mol. The van der Waals surface area contributed by atoms with Crippen molar-refractivity contribution in [1.29, 1.82) is 0 Å². The second-order valence-electron chi connectivity index (χ2n) is 14.6. The van der Waals surface area contributed by atoms with Crippen molar-refractivity contribution in [2.24, 2.45) is 23.3 Å². The van der Waals surface area contributed by atoms with Gasteiger partial charge in [0.15, 0.2) is 0 Å². The molecule has 0 bridgehead atoms. The fraction of sp³-hybridized carbons (Fsp3) is 0.865. The largest absolute Gasteiger partial charge is 0.375 e. The smallest absolute Gasteiger partial charge is 0.244 e. The molecule has 14 nitrogen and oxygen atoms in total. The summed E-state index contributed by atoms with van der Waals surface area (Å²) in [5.41, 5.74) is 11.7. The van der Waals surface area contributed by atoms with Crippen molar-refractivity contribution in [3.63, 3.8) is 0 Å². The molecule has 2 rings (SSSR count). The van der Waals surface area contributed by atoms with Crippen LogP contribution < -0.4 is 38.1 Å². The molecule has 0 aromatic rings. The van der Waals surface area contributed by atoms with Crippen LogP contribution in [0.3, 0.4) is 0 Å². The molecule has 0 spiro atoms. The van der Waals surface area contributed by atoms with Crippen molar-refractivity contribution in [1.82, 2.24) is 31.5 Å². The number of carbonyl (C=O) groups is 5. The summed E-state index contributed by atoms with van der Waals surface area (Å²) in [6.07, 6.45) is 11.4. The summed E-state index contributed by atoms with van der Waals surface area (Å²) in [6.45, 7) is 8.84. The van der Waals surface area contributed by atoms with E-state index in [0.29, 0.717) is 38.8 Å². The van der Waals surface area contributed by atoms with Gasteiger partial charge in [0.25, 0.3) is 0 Å². The molecule has 7 atom stereocenters. The first kappa shape index (κ1) is 44.4. The minimum atomic E-state index is -1.14. The van der Waals surface area contributed by atoms with Crippen LogP contribution >= 0.6 is 0 Å². The molecule has 51 heavy (non-hydrogen) atoms. The van der Waals surface area contributed by atoms with Crippen LogP contribution in [-0.2, 0) is 28.7 Å². The molecule has 1 saturated heterocycles. The Labute approximate surface area is 306 Å². The maximum atomic E-state index is 14.1. The normalized spacial score (nSPS) is 28.8. The lowest BCUT2D eigenvalue weighted by molar-refractivity contribution is -0.147. The fourth-order valence-electron chi connectivity index (χ4n) is 7.05. The number of nitrogens with zero attached hydrogens (tertiary/aromatic N) is 1. The number of nitrogens with one attached hydrogen (secondary N) is 5. The lowest BCUT2D eigenvalue weighted by atomic mass is 9.90. The molecule has 0 radical (unpaired) electrons. The minimum absolute atomic E-state index is 0.133. The molecule has 2 fully saturated rings. The van der Waals surface area contributed by atoms with E-state index in [4.69, 9.17) is 16.2 Å². The Morgan fingerprint density at radius 2 is 1.43 bits per heavy atom. The predicted octanol–water partition coefficient (Wildman–Crippen LogP) is 1.45. The summed E-state index contributed by atoms with van der Waals surface area (Å²) in [6, 6.07) is -4.28. The van der Waals surface area contributed by atoms with Gasteiger partial charge in [-0.05, 0) is 58.0 Å². The van der Waals surface area contributed by atoms with Gasteiger partial charge in [0, 0.05) is 26.2 Å². The van der Waals surface area contributed by atoms with E-state index in [2.05, 4.69) is 33.5 Å². The van der Waals surface area contributed by atoms with Crippen LogP contribution in [0.25, 0.3) is 0 Å². The van der Waals surface area contributed by atoms with E-state index in [0.717, 1.165) is 64.2 Å². The molecule has 1 saturated carbocycles. The summed E-state index contributed by atoms with van der Waals surface area (Å²) in [5.74, 6) is -2.85. The third kappa shape index (κ3) is 15.0. The Morgan fingerprint density at radius 3 is 2.06 bits per heavy atom. The van der Waals surface area contributed by atoms with Gasteiger partial charge in [-0.25, -0.2) is 0 Å². The number of ether oxygens (including phenoxy) is 1. The van der Waals surface area contributed by atoms with E-state index in [-0.39, 0.29) is 31.5 Å². The third-order valence-corrected chi connectivity index (χ3v) is 10.3. The summed E-state index contributed by atoms with van der Waals surface area (Å²) >= 11 is 0. The molecule has 294 valence electrons. The maximum Gasteiger partial charge on any atom is 0.244 e. The Hall–Kier alpha value is -2.81. The topological polar surface area (TPSA) is 210 Å². The number of carbonyl (C=O) groups excluding carboxylic acids is 5. The zero-order valence-electron chi connectivity index (χ0n) is 32.1. The van der Waals surface area contributed by atoms with Gasteiger partial charge in [0.1, 0.15) is 24.2 Å². The Bertz CT molecular complexity index is 1070. The first-order valence-corrected chi connectivity index (χ1v) is 19.7. The number of hydrogen-bond donors (Lipinski definition) is 7. The monoisotopic (exact) mass is 723 g/mol. The van der Waals surface area contributed by atoms with Crippen LogP contribution in [0.1, 0.15) is 118 Å². The van der Waals surface area contributed by atoms with Crippen LogP contribution in [0.2, 0.25) is 0 Å². The molecule has 0 aromatic heterocycles. The second kappa shape index (κ2) is 24.4. The Balaban J connectivity index is 2.53. The number of rotatable bonds is 14. The first-order valence-electron chi connectivity index (χ1n) is 19.7. The molecule has 5 amide bonds. The Kier molecular flexibility index (Phi) is 21.2. The van der Waals surface area contributed by atoms with Gasteiger partial charge in [-0.15, -0.1) is 0 Å². The molecule has 14 heteroatoms. The molecule has 5 unspecified atom stereocenters. The van der Waals surface area contributed by atoms with E-state index in [9.17, 15) is 24.0 Å². The molecule has 9 N–H and O–H groups in total. The van der Waals surface area contributed by atoms with Crippen LogP contribution in [-0.4, -0.2) is 111 Å². The highest BCUT2D eigenvalue weighted by Crippen LogP contribution is 2.27. The van der Waals surface area contributed by atoms with E-state index in [1.54, 1.807) is 7.05 Å². The summed E-state index contributed by atoms with van der Waals surface area (Å²) in [4.78, 5) is 70.9. The quantitative estimate of drug-likeness (QED) is 0.102. The van der Waals surface area contributed by atoms with Crippen molar-refractivity contribution < 1.29 is 28.7 Å². The van der Waals surface area contributed by atoms with Gasteiger partial charge in [0.05, 0.1) is 18.6 Å². The summed E-state index contributed by atoms with van der Waals surface area (Å²) < 4.78 is 6.38. The van der Waals surface area contributed by atoms with Crippen molar-refractivity contribution >= 4 is 29.5 Å². The summed E-state index contributed by atoms with van der Waals surface area (Å²) in [5, 5.41) is 14.7. The lowest BCUT2D eigenvalue weighted by Crippen LogP contribution is -2.62. The maximum absolute atomic E-state index is 14.1. The van der Waals surface area contributed by atoms with Gasteiger partial charge in [0.2, 0.25) is 29.5 Å². The third-order valence-electron chi connectivity index (χ3n) is 10.3. The van der Waals surface area contributed by atoms with E-state index in [1.807, 2.05) is 20.8 Å². The standard InChI is InChI=1S/C37H70N8O6/c1-6-8-9-14-19-31-26(4)37(50)45(5)30(16-7-2)35(48)44-32(27-17-12-10-11-13-18-27)36(49)42-28(22-39)33(46)43-29(23-40-21-15-20-38)34(47)41-25(3)24-51-31/h25-32,40H,6-24,38-39H2,1-5H3,(H,41,47)(H,42,49)(H,43,46)(H,44,48)/t25-,26?,28?,29?,30?,31-,32?/m1/s1.